The van der Waals surface area contributed by atoms with Gasteiger partial charge in [0.05, 0.1) is 18.5 Å². The maximum atomic E-state index is 12.0. The summed E-state index contributed by atoms with van der Waals surface area (Å²) in [5.74, 6) is 0.181. The summed E-state index contributed by atoms with van der Waals surface area (Å²) < 4.78 is 5.52. The number of primary amides is 1. The normalized spacial score (nSPS) is 10.8. The van der Waals surface area contributed by atoms with Crippen molar-refractivity contribution < 1.29 is 9.53 Å². The molecule has 0 aliphatic carbocycles. The van der Waals surface area contributed by atoms with Gasteiger partial charge in [-0.05, 0) is 25.1 Å². The first-order valence-electron chi connectivity index (χ1n) is 6.60. The van der Waals surface area contributed by atoms with E-state index in [-0.39, 0.29) is 11.1 Å². The van der Waals surface area contributed by atoms with Crippen LogP contribution in [0.25, 0.3) is 22.6 Å². The predicted molar refractivity (Wildman–Crippen MR) is 79.6 cm³/mol. The number of hydrogen-bond acceptors (Lipinski definition) is 5. The van der Waals surface area contributed by atoms with E-state index >= 15 is 0 Å². The van der Waals surface area contributed by atoms with E-state index in [1.165, 1.54) is 12.4 Å². The summed E-state index contributed by atoms with van der Waals surface area (Å²) in [4.78, 5) is 36.9. The molecule has 0 aliphatic heterocycles. The highest BCUT2D eigenvalue weighted by Gasteiger charge is 2.14. The monoisotopic (exact) mass is 299 g/mol. The van der Waals surface area contributed by atoms with Crippen molar-refractivity contribution in [2.75, 3.05) is 6.61 Å². The van der Waals surface area contributed by atoms with E-state index in [0.717, 1.165) is 0 Å². The van der Waals surface area contributed by atoms with Crippen LogP contribution in [0.3, 0.4) is 0 Å². The third kappa shape index (κ3) is 2.30. The molecule has 112 valence electrons. The van der Waals surface area contributed by atoms with Gasteiger partial charge in [-0.15, -0.1) is 0 Å². The molecule has 8 heteroatoms. The summed E-state index contributed by atoms with van der Waals surface area (Å²) in [5, 5.41) is 0. The number of benzene rings is 1. The summed E-state index contributed by atoms with van der Waals surface area (Å²) >= 11 is 0. The fourth-order valence-corrected chi connectivity index (χ4v) is 2.12. The zero-order chi connectivity index (χ0) is 15.7. The molecule has 2 aromatic heterocycles. The number of aromatic amines is 2. The van der Waals surface area contributed by atoms with Crippen LogP contribution >= 0.6 is 0 Å². The van der Waals surface area contributed by atoms with Gasteiger partial charge in [0.2, 0.25) is 5.91 Å². The van der Waals surface area contributed by atoms with Crippen LogP contribution < -0.4 is 16.0 Å². The van der Waals surface area contributed by atoms with Crippen molar-refractivity contribution in [1.29, 1.82) is 0 Å². The second kappa shape index (κ2) is 5.32. The molecule has 8 nitrogen and oxygen atoms in total. The molecule has 4 N–H and O–H groups in total. The summed E-state index contributed by atoms with van der Waals surface area (Å²) in [7, 11) is 0. The molecule has 3 rings (SSSR count). The molecule has 0 aliphatic rings. The second-order valence-corrected chi connectivity index (χ2v) is 4.52. The molecule has 3 aromatic rings. The molecule has 0 unspecified atom stereocenters. The number of fused-ring (bicyclic) bond motifs is 1. The van der Waals surface area contributed by atoms with Gasteiger partial charge in [0.15, 0.2) is 11.2 Å². The van der Waals surface area contributed by atoms with Crippen molar-refractivity contribution in [3.05, 3.63) is 40.4 Å². The smallest absolute Gasteiger partial charge is 0.279 e. The SMILES string of the molecule is CCOc1cc(C(N)=O)ccc1-c1nc2[nH]cnc2c(=O)[nH]1. The highest BCUT2D eigenvalue weighted by atomic mass is 16.5. The Morgan fingerprint density at radius 2 is 2.23 bits per heavy atom. The molecule has 0 spiro atoms. The molecule has 0 saturated heterocycles. The summed E-state index contributed by atoms with van der Waals surface area (Å²) in [6.45, 7) is 2.21. The number of nitrogens with zero attached hydrogens (tertiary/aromatic N) is 2. The second-order valence-electron chi connectivity index (χ2n) is 4.52. The number of hydrogen-bond donors (Lipinski definition) is 3. The first kappa shape index (κ1) is 13.8. The number of imidazole rings is 1. The van der Waals surface area contributed by atoms with Crippen molar-refractivity contribution in [2.24, 2.45) is 5.73 Å². The van der Waals surface area contributed by atoms with Crippen LogP contribution in [0.15, 0.2) is 29.3 Å². The minimum atomic E-state index is -0.557. The molecule has 0 atom stereocenters. The van der Waals surface area contributed by atoms with Crippen LogP contribution in [0.5, 0.6) is 5.75 Å². The molecule has 0 saturated carbocycles. The van der Waals surface area contributed by atoms with Crippen molar-refractivity contribution >= 4 is 17.1 Å². The summed E-state index contributed by atoms with van der Waals surface area (Å²) in [6.07, 6.45) is 1.40. The molecule has 22 heavy (non-hydrogen) atoms. The molecular weight excluding hydrogens is 286 g/mol. The van der Waals surface area contributed by atoms with E-state index in [4.69, 9.17) is 10.5 Å². The van der Waals surface area contributed by atoms with Crippen LogP contribution in [0.1, 0.15) is 17.3 Å². The van der Waals surface area contributed by atoms with Gasteiger partial charge in [0.1, 0.15) is 11.6 Å². The van der Waals surface area contributed by atoms with Crippen LogP contribution in [0.4, 0.5) is 0 Å². The number of carbonyl (C=O) groups is 1. The maximum absolute atomic E-state index is 12.0. The highest BCUT2D eigenvalue weighted by molar-refractivity contribution is 5.94. The van der Waals surface area contributed by atoms with E-state index < -0.39 is 5.91 Å². The number of rotatable bonds is 4. The van der Waals surface area contributed by atoms with E-state index in [1.54, 1.807) is 12.1 Å². The Labute approximate surface area is 124 Å². The molecule has 0 bridgehead atoms. The van der Waals surface area contributed by atoms with E-state index in [2.05, 4.69) is 19.9 Å². The molecule has 2 heterocycles. The highest BCUT2D eigenvalue weighted by Crippen LogP contribution is 2.28. The van der Waals surface area contributed by atoms with Gasteiger partial charge >= 0.3 is 0 Å². The Morgan fingerprint density at radius 3 is 2.95 bits per heavy atom. The molecule has 0 fully saturated rings. The van der Waals surface area contributed by atoms with Crippen LogP contribution in [0.2, 0.25) is 0 Å². The standard InChI is InChI=1S/C14H13N5O3/c1-2-22-9-5-7(11(15)20)3-4-8(9)12-18-13-10(14(21)19-12)16-6-17-13/h3-6H,2H2,1H3,(H2,15,20)(H2,16,17,18,19,21). The number of aromatic nitrogens is 4. The number of amides is 1. The lowest BCUT2D eigenvalue weighted by Gasteiger charge is -2.10. The topological polar surface area (TPSA) is 127 Å². The number of ether oxygens (including phenoxy) is 1. The van der Waals surface area contributed by atoms with Crippen LogP contribution in [-0.4, -0.2) is 32.4 Å². The Morgan fingerprint density at radius 1 is 1.41 bits per heavy atom. The van der Waals surface area contributed by atoms with Crippen molar-refractivity contribution in [3.63, 3.8) is 0 Å². The lowest BCUT2D eigenvalue weighted by atomic mass is 10.1. The van der Waals surface area contributed by atoms with Gasteiger partial charge < -0.3 is 20.4 Å². The minimum Gasteiger partial charge on any atom is -0.493 e. The zero-order valence-electron chi connectivity index (χ0n) is 11.7. The fraction of sp³-hybridized carbons (Fsp3) is 0.143. The van der Waals surface area contributed by atoms with Gasteiger partial charge in [-0.25, -0.2) is 9.97 Å². The largest absolute Gasteiger partial charge is 0.493 e. The average Bonchev–Trinajstić information content (AvgIpc) is 2.96. The number of carbonyl (C=O) groups excluding carboxylic acids is 1. The predicted octanol–water partition coefficient (Wildman–Crippen LogP) is 0.811. The summed E-state index contributed by atoms with van der Waals surface area (Å²) in [5.41, 5.74) is 6.39. The van der Waals surface area contributed by atoms with E-state index in [0.29, 0.717) is 35.0 Å². The number of H-pyrrole nitrogens is 2. The Bertz CT molecular complexity index is 912. The van der Waals surface area contributed by atoms with Crippen LogP contribution in [-0.2, 0) is 0 Å². The summed E-state index contributed by atoms with van der Waals surface area (Å²) in [6, 6.07) is 4.71. The van der Waals surface area contributed by atoms with Crippen LogP contribution in [0, 0.1) is 0 Å². The number of nitrogens with two attached hydrogens (primary N) is 1. The Kier molecular flexibility index (Phi) is 3.34. The maximum Gasteiger partial charge on any atom is 0.279 e. The van der Waals surface area contributed by atoms with E-state index in [9.17, 15) is 9.59 Å². The van der Waals surface area contributed by atoms with Gasteiger partial charge in [-0.1, -0.05) is 0 Å². The lowest BCUT2D eigenvalue weighted by molar-refractivity contribution is 0.1000. The minimum absolute atomic E-state index is 0.232. The molecular formula is C14H13N5O3. The third-order valence-electron chi connectivity index (χ3n) is 3.11. The van der Waals surface area contributed by atoms with Gasteiger partial charge in [-0.2, -0.15) is 0 Å². The zero-order valence-corrected chi connectivity index (χ0v) is 11.7. The van der Waals surface area contributed by atoms with Gasteiger partial charge in [-0.3, -0.25) is 9.59 Å². The fourth-order valence-electron chi connectivity index (χ4n) is 2.12. The molecule has 0 radical (unpaired) electrons. The van der Waals surface area contributed by atoms with Crippen molar-refractivity contribution in [3.8, 4) is 17.1 Å². The number of nitrogens with one attached hydrogen (secondary N) is 2. The first-order valence-corrected chi connectivity index (χ1v) is 6.60. The third-order valence-corrected chi connectivity index (χ3v) is 3.11. The van der Waals surface area contributed by atoms with Crippen molar-refractivity contribution in [1.82, 2.24) is 19.9 Å². The van der Waals surface area contributed by atoms with Gasteiger partial charge in [0.25, 0.3) is 5.56 Å². The Balaban J connectivity index is 2.20. The quantitative estimate of drug-likeness (QED) is 0.657. The van der Waals surface area contributed by atoms with E-state index in [1.807, 2.05) is 6.92 Å². The lowest BCUT2D eigenvalue weighted by Crippen LogP contribution is -2.12. The van der Waals surface area contributed by atoms with Crippen molar-refractivity contribution in [2.45, 2.75) is 6.92 Å². The average molecular weight is 299 g/mol. The molecule has 1 amide bonds. The van der Waals surface area contributed by atoms with Gasteiger partial charge in [0, 0.05) is 5.56 Å². The molecule has 1 aromatic carbocycles. The first-order chi connectivity index (χ1) is 10.6. The Hall–Kier alpha value is -3.16.